The second-order valence-electron chi connectivity index (χ2n) is 5.76. The van der Waals surface area contributed by atoms with Crippen LogP contribution in [0.2, 0.25) is 0 Å². The molecule has 0 bridgehead atoms. The monoisotopic (exact) mass is 346 g/mol. The normalized spacial score (nSPS) is 13.2. The average molecular weight is 346 g/mol. The lowest BCUT2D eigenvalue weighted by Gasteiger charge is -2.24. The summed E-state index contributed by atoms with van der Waals surface area (Å²) in [6, 6.07) is 11.0. The van der Waals surface area contributed by atoms with Crippen LogP contribution in [-0.2, 0) is 6.42 Å². The van der Waals surface area contributed by atoms with Crippen molar-refractivity contribution in [3.8, 4) is 5.75 Å². The molecule has 1 heterocycles. The third kappa shape index (κ3) is 4.97. The third-order valence-electron chi connectivity index (χ3n) is 3.58. The molecule has 128 valence electrons. The minimum Gasteiger partial charge on any atom is -0.497 e. The fraction of sp³-hybridized carbons (Fsp3) is 0.333. The summed E-state index contributed by atoms with van der Waals surface area (Å²) in [5.74, 6) is 0.537. The number of nitrogens with one attached hydrogen (secondary N) is 1. The molecule has 0 fully saturated rings. The number of aliphatic hydroxyl groups is 1. The molecule has 24 heavy (non-hydrogen) atoms. The van der Waals surface area contributed by atoms with Crippen molar-refractivity contribution < 1.29 is 14.6 Å². The number of benzene rings is 1. The lowest BCUT2D eigenvalue weighted by molar-refractivity contribution is 0.0551. The van der Waals surface area contributed by atoms with Crippen LogP contribution >= 0.6 is 11.8 Å². The first-order chi connectivity index (χ1) is 11.4. The number of amides is 1. The standard InChI is InChI=1S/C18H22N2O3S/c1-18(22,11-13-6-8-14(23-2)9-7-13)12-20-16(21)15-5-4-10-19-17(15)24-3/h4-10,22H,11-12H2,1-3H3,(H,20,21)/t18-/m1/s1. The summed E-state index contributed by atoms with van der Waals surface area (Å²) < 4.78 is 5.12. The molecule has 2 aromatic rings. The molecule has 1 atom stereocenters. The van der Waals surface area contributed by atoms with Crippen LogP contribution in [0.4, 0.5) is 0 Å². The van der Waals surface area contributed by atoms with E-state index in [2.05, 4.69) is 10.3 Å². The van der Waals surface area contributed by atoms with Gasteiger partial charge in [0.05, 0.1) is 18.3 Å². The second kappa shape index (κ2) is 8.17. The van der Waals surface area contributed by atoms with Crippen LogP contribution in [0.3, 0.4) is 0 Å². The van der Waals surface area contributed by atoms with Crippen LogP contribution in [0, 0.1) is 0 Å². The van der Waals surface area contributed by atoms with Crippen LogP contribution in [0.5, 0.6) is 5.75 Å². The summed E-state index contributed by atoms with van der Waals surface area (Å²) in [6.45, 7) is 1.86. The molecule has 2 N–H and O–H groups in total. The molecule has 0 spiro atoms. The zero-order chi connectivity index (χ0) is 17.6. The van der Waals surface area contributed by atoms with Gasteiger partial charge in [0.15, 0.2) is 0 Å². The van der Waals surface area contributed by atoms with E-state index in [0.29, 0.717) is 17.0 Å². The summed E-state index contributed by atoms with van der Waals surface area (Å²) in [6.07, 6.45) is 3.96. The average Bonchev–Trinajstić information content (AvgIpc) is 2.60. The van der Waals surface area contributed by atoms with E-state index in [-0.39, 0.29) is 12.5 Å². The second-order valence-corrected chi connectivity index (χ2v) is 6.56. The molecule has 1 amide bonds. The highest BCUT2D eigenvalue weighted by Crippen LogP contribution is 2.18. The van der Waals surface area contributed by atoms with Gasteiger partial charge in [-0.2, -0.15) is 0 Å². The van der Waals surface area contributed by atoms with Crippen LogP contribution < -0.4 is 10.1 Å². The van der Waals surface area contributed by atoms with Gasteiger partial charge in [0.2, 0.25) is 0 Å². The van der Waals surface area contributed by atoms with Gasteiger partial charge in [0.1, 0.15) is 10.8 Å². The van der Waals surface area contributed by atoms with E-state index < -0.39 is 5.60 Å². The third-order valence-corrected chi connectivity index (χ3v) is 4.29. The molecule has 0 aliphatic carbocycles. The Kier molecular flexibility index (Phi) is 6.23. The maximum Gasteiger partial charge on any atom is 0.254 e. The topological polar surface area (TPSA) is 71.5 Å². The van der Waals surface area contributed by atoms with Crippen molar-refractivity contribution in [2.75, 3.05) is 19.9 Å². The molecule has 0 saturated heterocycles. The van der Waals surface area contributed by atoms with Crippen molar-refractivity contribution in [3.05, 3.63) is 53.7 Å². The van der Waals surface area contributed by atoms with Crippen molar-refractivity contribution >= 4 is 17.7 Å². The Labute approximate surface area is 146 Å². The lowest BCUT2D eigenvalue weighted by Crippen LogP contribution is -2.42. The Hall–Kier alpha value is -2.05. The molecule has 0 radical (unpaired) electrons. The Bertz CT molecular complexity index is 687. The number of pyridine rings is 1. The molecular weight excluding hydrogens is 324 g/mol. The number of ether oxygens (including phenoxy) is 1. The van der Waals surface area contributed by atoms with Crippen LogP contribution in [0.1, 0.15) is 22.8 Å². The van der Waals surface area contributed by atoms with Crippen molar-refractivity contribution in [1.82, 2.24) is 10.3 Å². The van der Waals surface area contributed by atoms with Gasteiger partial charge in [0.25, 0.3) is 5.91 Å². The molecule has 1 aromatic heterocycles. The van der Waals surface area contributed by atoms with Crippen molar-refractivity contribution in [2.45, 2.75) is 24.0 Å². The molecule has 2 rings (SSSR count). The predicted molar refractivity (Wildman–Crippen MR) is 95.7 cm³/mol. The minimum atomic E-state index is -1.05. The number of carbonyl (C=O) groups is 1. The molecule has 1 aromatic carbocycles. The van der Waals surface area contributed by atoms with Crippen molar-refractivity contribution in [3.63, 3.8) is 0 Å². The van der Waals surface area contributed by atoms with E-state index in [0.717, 1.165) is 11.3 Å². The first kappa shape index (κ1) is 18.3. The number of hydrogen-bond donors (Lipinski definition) is 2. The molecule has 0 unspecified atom stereocenters. The number of carbonyl (C=O) groups excluding carboxylic acids is 1. The fourth-order valence-corrected chi connectivity index (χ4v) is 2.88. The first-order valence-corrected chi connectivity index (χ1v) is 8.80. The zero-order valence-corrected chi connectivity index (χ0v) is 14.9. The number of methoxy groups -OCH3 is 1. The van der Waals surface area contributed by atoms with E-state index in [1.807, 2.05) is 30.5 Å². The van der Waals surface area contributed by atoms with Gasteiger partial charge in [-0.15, -0.1) is 11.8 Å². The van der Waals surface area contributed by atoms with Crippen LogP contribution in [-0.4, -0.2) is 41.5 Å². The highest BCUT2D eigenvalue weighted by molar-refractivity contribution is 7.98. The smallest absolute Gasteiger partial charge is 0.254 e. The zero-order valence-electron chi connectivity index (χ0n) is 14.1. The van der Waals surface area contributed by atoms with Crippen LogP contribution in [0.15, 0.2) is 47.6 Å². The van der Waals surface area contributed by atoms with E-state index in [4.69, 9.17) is 4.74 Å². The Balaban J connectivity index is 1.97. The lowest BCUT2D eigenvalue weighted by atomic mass is 9.96. The maximum absolute atomic E-state index is 12.3. The van der Waals surface area contributed by atoms with Gasteiger partial charge in [-0.25, -0.2) is 4.98 Å². The Morgan fingerprint density at radius 3 is 2.67 bits per heavy atom. The van der Waals surface area contributed by atoms with Gasteiger partial charge in [-0.3, -0.25) is 4.79 Å². The molecule has 6 heteroatoms. The molecule has 0 saturated carbocycles. The molecule has 0 aliphatic rings. The van der Waals surface area contributed by atoms with E-state index in [1.54, 1.807) is 32.4 Å². The minimum absolute atomic E-state index is 0.153. The van der Waals surface area contributed by atoms with Crippen molar-refractivity contribution in [2.24, 2.45) is 0 Å². The summed E-state index contributed by atoms with van der Waals surface area (Å²) >= 11 is 1.42. The Morgan fingerprint density at radius 2 is 2.04 bits per heavy atom. The number of thioether (sulfide) groups is 1. The van der Waals surface area contributed by atoms with Gasteiger partial charge in [-0.1, -0.05) is 12.1 Å². The number of hydrogen-bond acceptors (Lipinski definition) is 5. The van der Waals surface area contributed by atoms with Gasteiger partial charge >= 0.3 is 0 Å². The maximum atomic E-state index is 12.3. The summed E-state index contributed by atoms with van der Waals surface area (Å²) in [5.41, 5.74) is 0.442. The van der Waals surface area contributed by atoms with Crippen LogP contribution in [0.25, 0.3) is 0 Å². The van der Waals surface area contributed by atoms with E-state index in [9.17, 15) is 9.90 Å². The number of nitrogens with zero attached hydrogens (tertiary/aromatic N) is 1. The summed E-state index contributed by atoms with van der Waals surface area (Å²) in [7, 11) is 1.61. The fourth-order valence-electron chi connectivity index (χ4n) is 2.34. The molecule has 5 nitrogen and oxygen atoms in total. The Morgan fingerprint density at radius 1 is 1.33 bits per heavy atom. The molecule has 0 aliphatic heterocycles. The first-order valence-electron chi connectivity index (χ1n) is 7.58. The predicted octanol–water partition coefficient (Wildman–Crippen LogP) is 2.54. The van der Waals surface area contributed by atoms with Gasteiger partial charge < -0.3 is 15.2 Å². The quantitative estimate of drug-likeness (QED) is 0.754. The van der Waals surface area contributed by atoms with Gasteiger partial charge in [0, 0.05) is 19.2 Å². The van der Waals surface area contributed by atoms with Gasteiger partial charge in [-0.05, 0) is 43.0 Å². The highest BCUT2D eigenvalue weighted by atomic mass is 32.2. The largest absolute Gasteiger partial charge is 0.497 e. The van der Waals surface area contributed by atoms with E-state index in [1.165, 1.54) is 11.8 Å². The highest BCUT2D eigenvalue weighted by Gasteiger charge is 2.23. The number of aromatic nitrogens is 1. The summed E-state index contributed by atoms with van der Waals surface area (Å²) in [4.78, 5) is 16.5. The summed E-state index contributed by atoms with van der Waals surface area (Å²) in [5, 5.41) is 14.0. The van der Waals surface area contributed by atoms with Crippen molar-refractivity contribution in [1.29, 1.82) is 0 Å². The SMILES string of the molecule is COc1ccc(C[C@@](C)(O)CNC(=O)c2cccnc2SC)cc1. The molecular formula is C18H22N2O3S. The number of rotatable bonds is 7. The van der Waals surface area contributed by atoms with E-state index >= 15 is 0 Å².